The van der Waals surface area contributed by atoms with Crippen LogP contribution < -0.4 is 5.32 Å². The molecule has 33 heavy (non-hydrogen) atoms. The molecule has 0 aromatic heterocycles. The zero-order valence-electron chi connectivity index (χ0n) is 20.1. The van der Waals surface area contributed by atoms with Crippen LogP contribution in [0.4, 0.5) is 4.79 Å². The maximum Gasteiger partial charge on any atom is 0.407 e. The number of alkyl carbamates (subject to hydrolysis) is 1. The van der Waals surface area contributed by atoms with Gasteiger partial charge >= 0.3 is 12.1 Å². The number of ether oxygens (including phenoxy) is 8. The molecule has 0 heterocycles. The lowest BCUT2D eigenvalue weighted by atomic mass is 10.2. The first-order valence-corrected chi connectivity index (χ1v) is 11.5. The number of alkyl halides is 1. The highest BCUT2D eigenvalue weighted by Gasteiger charge is 2.15. The molecular formula is C21H40ClNO10. The van der Waals surface area contributed by atoms with Crippen LogP contribution in [-0.2, 0) is 42.7 Å². The van der Waals surface area contributed by atoms with E-state index in [1.807, 2.05) is 20.8 Å². The minimum Gasteiger partial charge on any atom is -0.449 e. The smallest absolute Gasteiger partial charge is 0.407 e. The van der Waals surface area contributed by atoms with Gasteiger partial charge in [0.1, 0.15) is 5.60 Å². The molecule has 0 saturated carbocycles. The summed E-state index contributed by atoms with van der Waals surface area (Å²) in [7, 11) is 0. The summed E-state index contributed by atoms with van der Waals surface area (Å²) in [5.74, 6) is -0.386. The van der Waals surface area contributed by atoms with Crippen molar-refractivity contribution in [3.8, 4) is 0 Å². The van der Waals surface area contributed by atoms with Crippen LogP contribution in [0.15, 0.2) is 0 Å². The number of carbonyl (C=O) groups is 2. The SMILES string of the molecule is CC(C)(C)OC(=O)NCCOCCOCCOCCOCCOCCOCCC(=O)OCCl. The normalized spacial score (nSPS) is 11.4. The van der Waals surface area contributed by atoms with E-state index in [4.69, 9.17) is 44.8 Å². The molecule has 196 valence electrons. The second kappa shape index (κ2) is 22.6. The quantitative estimate of drug-likeness (QED) is 0.133. The molecule has 0 rings (SSSR count). The fraction of sp³-hybridized carbons (Fsp3) is 0.905. The Hall–Kier alpha value is -1.21. The molecule has 11 nitrogen and oxygen atoms in total. The van der Waals surface area contributed by atoms with Crippen LogP contribution in [0.2, 0.25) is 0 Å². The molecule has 0 saturated heterocycles. The van der Waals surface area contributed by atoms with Gasteiger partial charge in [-0.1, -0.05) is 11.6 Å². The molecule has 0 bridgehead atoms. The van der Waals surface area contributed by atoms with Crippen LogP contribution in [0.3, 0.4) is 0 Å². The molecule has 12 heteroatoms. The fourth-order valence-electron chi connectivity index (χ4n) is 2.03. The molecule has 0 atom stereocenters. The summed E-state index contributed by atoms with van der Waals surface area (Å²) in [4.78, 5) is 22.4. The van der Waals surface area contributed by atoms with Crippen molar-refractivity contribution in [1.29, 1.82) is 0 Å². The predicted octanol–water partition coefficient (Wildman–Crippen LogP) is 1.74. The van der Waals surface area contributed by atoms with Gasteiger partial charge in [-0.2, -0.15) is 0 Å². The van der Waals surface area contributed by atoms with Crippen LogP contribution in [0.25, 0.3) is 0 Å². The molecule has 0 aliphatic carbocycles. The minimum absolute atomic E-state index is 0.143. The van der Waals surface area contributed by atoms with E-state index in [2.05, 4.69) is 10.1 Å². The average Bonchev–Trinajstić information content (AvgIpc) is 2.73. The third-order valence-electron chi connectivity index (χ3n) is 3.44. The van der Waals surface area contributed by atoms with E-state index in [9.17, 15) is 9.59 Å². The van der Waals surface area contributed by atoms with E-state index in [0.29, 0.717) is 79.2 Å². The molecule has 0 radical (unpaired) electrons. The fourth-order valence-corrected chi connectivity index (χ4v) is 2.15. The second-order valence-corrected chi connectivity index (χ2v) is 7.70. The Balaban J connectivity index is 3.14. The standard InChI is InChI=1S/C21H40ClNO10/c1-21(2,3)33-20(25)23-5-7-27-9-11-29-13-15-31-17-16-30-14-12-28-10-8-26-6-4-19(24)32-18-22/h4-18H2,1-3H3,(H,23,25). The van der Waals surface area contributed by atoms with Gasteiger partial charge in [0.25, 0.3) is 0 Å². The van der Waals surface area contributed by atoms with Crippen molar-refractivity contribution in [2.45, 2.75) is 32.8 Å². The molecule has 0 fully saturated rings. The Morgan fingerprint density at radius 3 is 1.45 bits per heavy atom. The van der Waals surface area contributed by atoms with Gasteiger partial charge in [-0.15, -0.1) is 0 Å². The topological polar surface area (TPSA) is 120 Å². The number of nitrogens with one attached hydrogen (secondary N) is 1. The monoisotopic (exact) mass is 501 g/mol. The molecule has 0 aliphatic rings. The molecule has 0 aromatic rings. The van der Waals surface area contributed by atoms with E-state index >= 15 is 0 Å². The summed E-state index contributed by atoms with van der Waals surface area (Å²) in [6.45, 7) is 11.0. The summed E-state index contributed by atoms with van der Waals surface area (Å²) < 4.78 is 41.8. The number of esters is 1. The van der Waals surface area contributed by atoms with Gasteiger partial charge in [0, 0.05) is 6.54 Å². The third kappa shape index (κ3) is 26.9. The molecule has 0 spiro atoms. The van der Waals surface area contributed by atoms with Crippen molar-refractivity contribution < 1.29 is 47.5 Å². The maximum absolute atomic E-state index is 11.4. The third-order valence-corrected chi connectivity index (χ3v) is 3.55. The lowest BCUT2D eigenvalue weighted by molar-refractivity contribution is -0.142. The first kappa shape index (κ1) is 31.8. The highest BCUT2D eigenvalue weighted by molar-refractivity contribution is 6.17. The van der Waals surface area contributed by atoms with Crippen LogP contribution in [0.1, 0.15) is 27.2 Å². The van der Waals surface area contributed by atoms with E-state index < -0.39 is 11.7 Å². The minimum atomic E-state index is -0.511. The highest BCUT2D eigenvalue weighted by atomic mass is 35.5. The lowest BCUT2D eigenvalue weighted by Crippen LogP contribution is -2.34. The van der Waals surface area contributed by atoms with Crippen molar-refractivity contribution in [2.24, 2.45) is 0 Å². The Kier molecular flexibility index (Phi) is 21.7. The number of amides is 1. The Bertz CT molecular complexity index is 476. The predicted molar refractivity (Wildman–Crippen MR) is 121 cm³/mol. The van der Waals surface area contributed by atoms with Gasteiger partial charge in [0.15, 0.2) is 6.07 Å². The number of carbonyl (C=O) groups excluding carboxylic acids is 2. The van der Waals surface area contributed by atoms with Crippen molar-refractivity contribution in [3.05, 3.63) is 0 Å². The Morgan fingerprint density at radius 2 is 1.06 bits per heavy atom. The van der Waals surface area contributed by atoms with Crippen LogP contribution >= 0.6 is 11.6 Å². The molecule has 1 N–H and O–H groups in total. The maximum atomic E-state index is 11.4. The van der Waals surface area contributed by atoms with Gasteiger partial charge in [-0.3, -0.25) is 4.79 Å². The Morgan fingerprint density at radius 1 is 0.667 bits per heavy atom. The van der Waals surface area contributed by atoms with Crippen molar-refractivity contribution in [3.63, 3.8) is 0 Å². The van der Waals surface area contributed by atoms with Gasteiger partial charge in [0.05, 0.1) is 85.7 Å². The highest BCUT2D eigenvalue weighted by Crippen LogP contribution is 2.06. The number of rotatable bonds is 22. The molecule has 0 aliphatic heterocycles. The van der Waals surface area contributed by atoms with E-state index in [1.54, 1.807) is 0 Å². The average molecular weight is 502 g/mol. The van der Waals surface area contributed by atoms with E-state index in [1.165, 1.54) is 0 Å². The summed E-state index contributed by atoms with van der Waals surface area (Å²) in [6.07, 6.45) is -0.286. The van der Waals surface area contributed by atoms with Crippen LogP contribution in [0.5, 0.6) is 0 Å². The van der Waals surface area contributed by atoms with Crippen LogP contribution in [-0.4, -0.2) is 110 Å². The molecular weight excluding hydrogens is 462 g/mol. The van der Waals surface area contributed by atoms with Crippen molar-refractivity contribution in [2.75, 3.05) is 91.9 Å². The summed E-state index contributed by atoms with van der Waals surface area (Å²) >= 11 is 5.26. The first-order valence-electron chi connectivity index (χ1n) is 11.0. The van der Waals surface area contributed by atoms with Crippen molar-refractivity contribution in [1.82, 2.24) is 5.32 Å². The molecule has 1 amide bonds. The summed E-state index contributed by atoms with van der Waals surface area (Å²) in [5.41, 5.74) is -0.511. The van der Waals surface area contributed by atoms with E-state index in [0.717, 1.165) is 0 Å². The van der Waals surface area contributed by atoms with Gasteiger partial charge in [-0.25, -0.2) is 4.79 Å². The second-order valence-electron chi connectivity index (χ2n) is 7.48. The van der Waals surface area contributed by atoms with Crippen molar-refractivity contribution >= 4 is 23.7 Å². The number of hydrogen-bond donors (Lipinski definition) is 1. The van der Waals surface area contributed by atoms with Gasteiger partial charge in [0.2, 0.25) is 0 Å². The zero-order chi connectivity index (χ0) is 24.6. The zero-order valence-corrected chi connectivity index (χ0v) is 20.8. The van der Waals surface area contributed by atoms with Gasteiger partial charge < -0.3 is 43.2 Å². The summed E-state index contributed by atoms with van der Waals surface area (Å²) in [5, 5.41) is 2.61. The van der Waals surface area contributed by atoms with Crippen LogP contribution in [0, 0.1) is 0 Å². The lowest BCUT2D eigenvalue weighted by Gasteiger charge is -2.19. The Labute approximate surface area is 201 Å². The largest absolute Gasteiger partial charge is 0.449 e. The molecule has 0 unspecified atom stereocenters. The number of halogens is 1. The molecule has 0 aromatic carbocycles. The summed E-state index contributed by atoms with van der Waals surface area (Å²) in [6, 6.07) is -0.143. The van der Waals surface area contributed by atoms with Gasteiger partial charge in [-0.05, 0) is 20.8 Å². The number of hydrogen-bond acceptors (Lipinski definition) is 10. The first-order chi connectivity index (χ1) is 15.8. The van der Waals surface area contributed by atoms with E-state index in [-0.39, 0.29) is 25.1 Å².